The molecule has 0 saturated carbocycles. The van der Waals surface area contributed by atoms with Gasteiger partial charge in [0.15, 0.2) is 0 Å². The number of benzene rings is 7. The highest BCUT2D eigenvalue weighted by Gasteiger charge is 2.40. The number of fused-ring (bicyclic) bond motifs is 6. The summed E-state index contributed by atoms with van der Waals surface area (Å²) < 4.78 is 13.4. The van der Waals surface area contributed by atoms with E-state index < -0.39 is 0 Å². The third-order valence-electron chi connectivity index (χ3n) is 9.55. The zero-order valence-electron chi connectivity index (χ0n) is 25.6. The molecule has 0 atom stereocenters. The van der Waals surface area contributed by atoms with Crippen molar-refractivity contribution < 1.29 is 9.47 Å². The maximum atomic E-state index is 6.68. The molecule has 2 aliphatic heterocycles. The van der Waals surface area contributed by atoms with Gasteiger partial charge < -0.3 is 9.47 Å². The molecule has 0 unspecified atom stereocenters. The van der Waals surface area contributed by atoms with Gasteiger partial charge in [-0.15, -0.1) is 0 Å². The summed E-state index contributed by atoms with van der Waals surface area (Å²) in [4.78, 5) is 0. The number of para-hydroxylation sites is 2. The van der Waals surface area contributed by atoms with Gasteiger partial charge in [0, 0.05) is 5.46 Å². The number of hydrogen-bond acceptors (Lipinski definition) is 2. The van der Waals surface area contributed by atoms with E-state index in [1.54, 1.807) is 0 Å². The first kappa shape index (κ1) is 26.2. The lowest BCUT2D eigenvalue weighted by atomic mass is 9.35. The second-order valence-electron chi connectivity index (χ2n) is 13.3. The maximum absolute atomic E-state index is 6.68. The minimum absolute atomic E-state index is 0.0610. The van der Waals surface area contributed by atoms with Crippen LogP contribution in [0.2, 0.25) is 0 Å². The third kappa shape index (κ3) is 3.97. The molecule has 3 heteroatoms. The molecule has 0 aromatic heterocycles. The van der Waals surface area contributed by atoms with Gasteiger partial charge in [-0.25, -0.2) is 0 Å². The van der Waals surface area contributed by atoms with Crippen molar-refractivity contribution in [2.75, 3.05) is 0 Å². The van der Waals surface area contributed by atoms with Gasteiger partial charge in [-0.05, 0) is 90.0 Å². The van der Waals surface area contributed by atoms with Gasteiger partial charge in [-0.2, -0.15) is 0 Å². The Morgan fingerprint density at radius 3 is 1.33 bits per heavy atom. The minimum atomic E-state index is 0.0610. The van der Waals surface area contributed by atoms with E-state index in [2.05, 4.69) is 142 Å². The zero-order valence-corrected chi connectivity index (χ0v) is 25.6. The highest BCUT2D eigenvalue weighted by Crippen LogP contribution is 2.46. The van der Waals surface area contributed by atoms with Crippen LogP contribution >= 0.6 is 0 Å². The average Bonchev–Trinajstić information content (AvgIpc) is 3.06. The fourth-order valence-corrected chi connectivity index (χ4v) is 7.43. The van der Waals surface area contributed by atoms with Crippen molar-refractivity contribution in [3.8, 4) is 45.3 Å². The smallest absolute Gasteiger partial charge is 0.260 e. The predicted molar refractivity (Wildman–Crippen MR) is 189 cm³/mol. The molecular formula is C42H31BO2. The van der Waals surface area contributed by atoms with Gasteiger partial charge in [0.2, 0.25) is 0 Å². The van der Waals surface area contributed by atoms with Crippen molar-refractivity contribution in [3.05, 3.63) is 139 Å². The van der Waals surface area contributed by atoms with Gasteiger partial charge >= 0.3 is 0 Å². The molecular weight excluding hydrogens is 547 g/mol. The molecule has 45 heavy (non-hydrogen) atoms. The molecule has 0 radical (unpaired) electrons. The molecule has 0 bridgehead atoms. The lowest BCUT2D eigenvalue weighted by Gasteiger charge is -2.33. The van der Waals surface area contributed by atoms with Crippen molar-refractivity contribution >= 4 is 44.6 Å². The molecule has 214 valence electrons. The Labute approximate surface area is 264 Å². The van der Waals surface area contributed by atoms with Crippen LogP contribution in [0.5, 0.6) is 23.0 Å². The van der Waals surface area contributed by atoms with Crippen LogP contribution in [0.1, 0.15) is 26.3 Å². The molecule has 0 saturated heterocycles. The summed E-state index contributed by atoms with van der Waals surface area (Å²) in [5, 5.41) is 4.89. The van der Waals surface area contributed by atoms with Crippen LogP contribution in [0.15, 0.2) is 133 Å². The highest BCUT2D eigenvalue weighted by molar-refractivity contribution is 6.98. The lowest BCUT2D eigenvalue weighted by molar-refractivity contribution is 0.465. The molecule has 0 N–H and O–H groups in total. The maximum Gasteiger partial charge on any atom is 0.260 e. The van der Waals surface area contributed by atoms with E-state index in [1.165, 1.54) is 54.7 Å². The van der Waals surface area contributed by atoms with Crippen LogP contribution < -0.4 is 25.9 Å². The summed E-state index contributed by atoms with van der Waals surface area (Å²) in [6.45, 7) is 6.85. The van der Waals surface area contributed by atoms with Crippen molar-refractivity contribution in [2.45, 2.75) is 26.2 Å². The summed E-state index contributed by atoms with van der Waals surface area (Å²) in [5.41, 5.74) is 9.65. The predicted octanol–water partition coefficient (Wildman–Crippen LogP) is 9.35. The van der Waals surface area contributed by atoms with Crippen molar-refractivity contribution in [3.63, 3.8) is 0 Å². The molecule has 0 amide bonds. The fraction of sp³-hybridized carbons (Fsp3) is 0.0952. The van der Waals surface area contributed by atoms with E-state index in [4.69, 9.17) is 9.47 Å². The quantitative estimate of drug-likeness (QED) is 0.150. The first-order valence-electron chi connectivity index (χ1n) is 15.7. The molecule has 7 aromatic rings. The molecule has 2 aliphatic rings. The standard InChI is InChI=1S/C42H31BO2/c1-42(2,3)28-22-20-26(21-23-28)39-29-12-4-6-14-31(29)40(32-15-7-5-13-30(32)39)27-24-37-41-38(25-27)45-36-19-11-9-17-34(36)43(41)33-16-8-10-18-35(33)44-37/h4-25H,1-3H3. The number of rotatable bonds is 2. The fourth-order valence-electron chi connectivity index (χ4n) is 7.43. The average molecular weight is 579 g/mol. The molecule has 0 spiro atoms. The number of ether oxygens (including phenoxy) is 2. The molecule has 2 nitrogen and oxygen atoms in total. The van der Waals surface area contributed by atoms with E-state index in [0.717, 1.165) is 34.0 Å². The first-order valence-corrected chi connectivity index (χ1v) is 15.7. The Bertz CT molecular complexity index is 2180. The van der Waals surface area contributed by atoms with Gasteiger partial charge in [-0.1, -0.05) is 130 Å². The Morgan fingerprint density at radius 1 is 0.444 bits per heavy atom. The largest absolute Gasteiger partial charge is 0.458 e. The summed E-state index contributed by atoms with van der Waals surface area (Å²) in [5.74, 6) is 3.52. The summed E-state index contributed by atoms with van der Waals surface area (Å²) in [6.07, 6.45) is 0. The van der Waals surface area contributed by atoms with Crippen LogP contribution in [-0.2, 0) is 5.41 Å². The van der Waals surface area contributed by atoms with E-state index >= 15 is 0 Å². The van der Waals surface area contributed by atoms with E-state index in [1.807, 2.05) is 12.1 Å². The topological polar surface area (TPSA) is 18.5 Å². The lowest BCUT2D eigenvalue weighted by Crippen LogP contribution is -2.57. The summed E-state index contributed by atoms with van der Waals surface area (Å²) in [7, 11) is 0. The third-order valence-corrected chi connectivity index (χ3v) is 9.55. The second-order valence-corrected chi connectivity index (χ2v) is 13.3. The Morgan fingerprint density at radius 2 is 0.867 bits per heavy atom. The van der Waals surface area contributed by atoms with E-state index in [9.17, 15) is 0 Å². The molecule has 9 rings (SSSR count). The Balaban J connectivity index is 1.31. The van der Waals surface area contributed by atoms with Crippen molar-refractivity contribution in [2.24, 2.45) is 0 Å². The van der Waals surface area contributed by atoms with Gasteiger partial charge in [0.1, 0.15) is 23.0 Å². The van der Waals surface area contributed by atoms with Crippen LogP contribution in [-0.4, -0.2) is 6.71 Å². The molecule has 0 aliphatic carbocycles. The summed E-state index contributed by atoms with van der Waals surface area (Å²) >= 11 is 0. The SMILES string of the molecule is CC(C)(C)c1ccc(-c2c3ccccc3c(-c3cc4c5c(c3)Oc3ccccc3B5c3ccccc3O4)c3ccccc23)cc1. The van der Waals surface area contributed by atoms with Crippen LogP contribution in [0.25, 0.3) is 43.8 Å². The van der Waals surface area contributed by atoms with Gasteiger partial charge in [0.05, 0.1) is 0 Å². The Hall–Kier alpha value is -5.28. The number of hydrogen-bond donors (Lipinski definition) is 0. The van der Waals surface area contributed by atoms with Crippen molar-refractivity contribution in [1.82, 2.24) is 0 Å². The monoisotopic (exact) mass is 578 g/mol. The molecule has 7 aromatic carbocycles. The van der Waals surface area contributed by atoms with E-state index in [0.29, 0.717) is 0 Å². The van der Waals surface area contributed by atoms with Gasteiger partial charge in [-0.3, -0.25) is 0 Å². The first-order chi connectivity index (χ1) is 22.0. The van der Waals surface area contributed by atoms with Crippen LogP contribution in [0.4, 0.5) is 0 Å². The van der Waals surface area contributed by atoms with Gasteiger partial charge in [0.25, 0.3) is 6.71 Å². The van der Waals surface area contributed by atoms with Crippen molar-refractivity contribution in [1.29, 1.82) is 0 Å². The van der Waals surface area contributed by atoms with Crippen LogP contribution in [0.3, 0.4) is 0 Å². The normalized spacial score (nSPS) is 13.1. The summed E-state index contributed by atoms with van der Waals surface area (Å²) in [6, 6.07) is 48.0. The highest BCUT2D eigenvalue weighted by atomic mass is 16.5. The zero-order chi connectivity index (χ0) is 30.3. The van der Waals surface area contributed by atoms with E-state index in [-0.39, 0.29) is 12.1 Å². The minimum Gasteiger partial charge on any atom is -0.458 e. The molecule has 0 fully saturated rings. The second kappa shape index (κ2) is 9.61. The Kier molecular flexibility index (Phi) is 5.59. The van der Waals surface area contributed by atoms with Crippen LogP contribution in [0, 0.1) is 0 Å². The molecule has 2 heterocycles.